The van der Waals surface area contributed by atoms with Gasteiger partial charge >= 0.3 is 0 Å². The Kier molecular flexibility index (Phi) is 4.21. The highest BCUT2D eigenvalue weighted by Gasteiger charge is 2.30. The van der Waals surface area contributed by atoms with Gasteiger partial charge in [0.15, 0.2) is 5.69 Å². The number of aromatic nitrogens is 3. The molecule has 1 atom stereocenters. The fourth-order valence-corrected chi connectivity index (χ4v) is 2.96. The van der Waals surface area contributed by atoms with Gasteiger partial charge in [-0.25, -0.2) is 4.68 Å². The molecule has 2 saturated heterocycles. The lowest BCUT2D eigenvalue weighted by Crippen LogP contribution is -2.40. The molecule has 2 fully saturated rings. The second kappa shape index (κ2) is 6.11. The third-order valence-corrected chi connectivity index (χ3v) is 4.35. The number of hydrogen-bond acceptors (Lipinski definition) is 5. The van der Waals surface area contributed by atoms with Crippen LogP contribution in [0, 0.1) is 0 Å². The number of rotatable bonds is 4. The molecular weight excluding hydrogens is 270 g/mol. The molecule has 2 aliphatic heterocycles. The quantitative estimate of drug-likeness (QED) is 0.845. The van der Waals surface area contributed by atoms with Crippen LogP contribution in [0.3, 0.4) is 0 Å². The van der Waals surface area contributed by atoms with Crippen LogP contribution in [0.1, 0.15) is 49.1 Å². The number of piperidine rings is 1. The Hall–Kier alpha value is -1.47. The molecule has 0 aromatic carbocycles. The number of carbonyl (C=O) groups is 1. The highest BCUT2D eigenvalue weighted by Crippen LogP contribution is 2.24. The van der Waals surface area contributed by atoms with Crippen LogP contribution < -0.4 is 10.6 Å². The predicted molar refractivity (Wildman–Crippen MR) is 77.1 cm³/mol. The van der Waals surface area contributed by atoms with Crippen molar-refractivity contribution in [2.45, 2.75) is 44.2 Å². The van der Waals surface area contributed by atoms with Crippen molar-refractivity contribution in [1.82, 2.24) is 25.6 Å². The van der Waals surface area contributed by atoms with Gasteiger partial charge in [-0.1, -0.05) is 5.21 Å². The minimum Gasteiger partial charge on any atom is -0.373 e. The van der Waals surface area contributed by atoms with E-state index in [0.29, 0.717) is 18.3 Å². The first-order valence-electron chi connectivity index (χ1n) is 7.71. The molecule has 1 aromatic rings. The van der Waals surface area contributed by atoms with E-state index in [1.165, 1.54) is 0 Å². The fourth-order valence-electron chi connectivity index (χ4n) is 2.96. The van der Waals surface area contributed by atoms with E-state index in [4.69, 9.17) is 4.74 Å². The number of nitrogens with zero attached hydrogens (tertiary/aromatic N) is 3. The summed E-state index contributed by atoms with van der Waals surface area (Å²) in [5, 5.41) is 14.3. The Balaban J connectivity index is 1.56. The summed E-state index contributed by atoms with van der Waals surface area (Å²) in [5.74, 6) is -0.174. The zero-order valence-electron chi connectivity index (χ0n) is 12.5. The number of hydrogen-bond donors (Lipinski definition) is 2. The van der Waals surface area contributed by atoms with E-state index in [1.807, 2.05) is 11.6 Å². The van der Waals surface area contributed by atoms with Crippen molar-refractivity contribution < 1.29 is 9.53 Å². The summed E-state index contributed by atoms with van der Waals surface area (Å²) in [6, 6.07) is 0.344. The van der Waals surface area contributed by atoms with Gasteiger partial charge in [-0.15, -0.1) is 5.10 Å². The van der Waals surface area contributed by atoms with E-state index in [1.54, 1.807) is 6.20 Å². The third-order valence-electron chi connectivity index (χ3n) is 4.35. The van der Waals surface area contributed by atoms with Gasteiger partial charge in [0.05, 0.1) is 17.8 Å². The first-order chi connectivity index (χ1) is 10.2. The van der Waals surface area contributed by atoms with Crippen LogP contribution in [0.5, 0.6) is 0 Å². The number of carbonyl (C=O) groups excluding carboxylic acids is 1. The summed E-state index contributed by atoms with van der Waals surface area (Å²) in [6.45, 7) is 5.31. The van der Waals surface area contributed by atoms with Crippen LogP contribution in [-0.4, -0.2) is 52.7 Å². The molecule has 2 aliphatic rings. The van der Waals surface area contributed by atoms with Gasteiger partial charge in [-0.05, 0) is 45.7 Å². The van der Waals surface area contributed by atoms with Crippen molar-refractivity contribution in [3.05, 3.63) is 11.9 Å². The van der Waals surface area contributed by atoms with Gasteiger partial charge in [-0.3, -0.25) is 4.79 Å². The maximum atomic E-state index is 12.1. The monoisotopic (exact) mass is 293 g/mol. The molecule has 7 nitrogen and oxygen atoms in total. The lowest BCUT2D eigenvalue weighted by molar-refractivity contribution is 0.0205. The Morgan fingerprint density at radius 2 is 2.38 bits per heavy atom. The molecule has 1 amide bonds. The Bertz CT molecular complexity index is 489. The molecule has 3 heterocycles. The predicted octanol–water partition coefficient (Wildman–Crippen LogP) is 0.502. The van der Waals surface area contributed by atoms with E-state index in [9.17, 15) is 4.79 Å². The van der Waals surface area contributed by atoms with Gasteiger partial charge in [0.2, 0.25) is 0 Å². The van der Waals surface area contributed by atoms with Crippen LogP contribution in [0.15, 0.2) is 6.20 Å². The van der Waals surface area contributed by atoms with Crippen molar-refractivity contribution in [3.8, 4) is 0 Å². The van der Waals surface area contributed by atoms with E-state index in [0.717, 1.165) is 45.4 Å². The summed E-state index contributed by atoms with van der Waals surface area (Å²) in [7, 11) is 0. The molecule has 0 aliphatic carbocycles. The van der Waals surface area contributed by atoms with E-state index in [-0.39, 0.29) is 11.5 Å². The first kappa shape index (κ1) is 14.5. The lowest BCUT2D eigenvalue weighted by Gasteiger charge is -2.23. The Morgan fingerprint density at radius 1 is 1.57 bits per heavy atom. The fraction of sp³-hybridized carbons (Fsp3) is 0.786. The Morgan fingerprint density at radius 3 is 3.10 bits per heavy atom. The average molecular weight is 293 g/mol. The number of amides is 1. The van der Waals surface area contributed by atoms with Crippen molar-refractivity contribution in [2.24, 2.45) is 0 Å². The second-order valence-electron chi connectivity index (χ2n) is 6.15. The summed E-state index contributed by atoms with van der Waals surface area (Å²) in [4.78, 5) is 12.1. The third kappa shape index (κ3) is 3.41. The average Bonchev–Trinajstić information content (AvgIpc) is 3.16. The topological polar surface area (TPSA) is 81.1 Å². The normalized spacial score (nSPS) is 26.9. The maximum Gasteiger partial charge on any atom is 0.273 e. The van der Waals surface area contributed by atoms with Gasteiger partial charge in [0.25, 0.3) is 5.91 Å². The highest BCUT2D eigenvalue weighted by molar-refractivity contribution is 5.91. The second-order valence-corrected chi connectivity index (χ2v) is 6.15. The smallest absolute Gasteiger partial charge is 0.273 e. The van der Waals surface area contributed by atoms with Gasteiger partial charge in [-0.2, -0.15) is 0 Å². The van der Waals surface area contributed by atoms with Crippen LogP contribution >= 0.6 is 0 Å². The summed E-state index contributed by atoms with van der Waals surface area (Å²) < 4.78 is 7.49. The summed E-state index contributed by atoms with van der Waals surface area (Å²) in [6.07, 6.45) is 5.84. The number of ether oxygens (including phenoxy) is 1. The van der Waals surface area contributed by atoms with Crippen molar-refractivity contribution >= 4 is 5.91 Å². The first-order valence-corrected chi connectivity index (χ1v) is 7.71. The summed E-state index contributed by atoms with van der Waals surface area (Å²) >= 11 is 0. The molecule has 0 spiro atoms. The standard InChI is InChI=1S/C14H23N5O2/c1-14(5-2-8-21-14)10-16-13(20)12-9-19(18-17-12)11-3-6-15-7-4-11/h9,11,15H,2-8,10H2,1H3,(H,16,20). The highest BCUT2D eigenvalue weighted by atomic mass is 16.5. The molecule has 21 heavy (non-hydrogen) atoms. The van der Waals surface area contributed by atoms with Crippen molar-refractivity contribution in [2.75, 3.05) is 26.2 Å². The molecular formula is C14H23N5O2. The largest absolute Gasteiger partial charge is 0.373 e. The SMILES string of the molecule is CC1(CNC(=O)c2cn(C3CCNCC3)nn2)CCCO1. The van der Waals surface area contributed by atoms with E-state index < -0.39 is 0 Å². The molecule has 0 bridgehead atoms. The van der Waals surface area contributed by atoms with Crippen molar-refractivity contribution in [3.63, 3.8) is 0 Å². The van der Waals surface area contributed by atoms with E-state index >= 15 is 0 Å². The minimum atomic E-state index is -0.235. The Labute approximate surface area is 124 Å². The van der Waals surface area contributed by atoms with Crippen molar-refractivity contribution in [1.29, 1.82) is 0 Å². The van der Waals surface area contributed by atoms with Gasteiger partial charge in [0, 0.05) is 13.2 Å². The maximum absolute atomic E-state index is 12.1. The molecule has 0 saturated carbocycles. The zero-order chi connectivity index (χ0) is 14.7. The molecule has 1 unspecified atom stereocenters. The summed E-state index contributed by atoms with van der Waals surface area (Å²) in [5.41, 5.74) is 0.149. The van der Waals surface area contributed by atoms with Crippen LogP contribution in [0.25, 0.3) is 0 Å². The van der Waals surface area contributed by atoms with Crippen LogP contribution in [-0.2, 0) is 4.74 Å². The zero-order valence-corrected chi connectivity index (χ0v) is 12.5. The van der Waals surface area contributed by atoms with Crippen LogP contribution in [0.4, 0.5) is 0 Å². The molecule has 3 rings (SSSR count). The van der Waals surface area contributed by atoms with Gasteiger partial charge in [0.1, 0.15) is 0 Å². The molecule has 1 aromatic heterocycles. The molecule has 116 valence electrons. The molecule has 2 N–H and O–H groups in total. The van der Waals surface area contributed by atoms with Gasteiger partial charge < -0.3 is 15.4 Å². The number of nitrogens with one attached hydrogen (secondary N) is 2. The lowest BCUT2D eigenvalue weighted by atomic mass is 10.0. The molecule has 7 heteroatoms. The van der Waals surface area contributed by atoms with Crippen LogP contribution in [0.2, 0.25) is 0 Å². The van der Waals surface area contributed by atoms with E-state index in [2.05, 4.69) is 20.9 Å². The molecule has 0 radical (unpaired) electrons. The minimum absolute atomic E-state index is 0.174.